The van der Waals surface area contributed by atoms with Crippen LogP contribution in [0, 0.1) is 0 Å². The number of rotatable bonds is 19. The number of nitrogens with zero attached hydrogens (tertiary/aromatic N) is 1. The van der Waals surface area contributed by atoms with Crippen molar-refractivity contribution in [3.63, 3.8) is 0 Å². The van der Waals surface area contributed by atoms with Crippen molar-refractivity contribution in [2.75, 3.05) is 33.8 Å². The maximum atomic E-state index is 6.41. The van der Waals surface area contributed by atoms with Crippen molar-refractivity contribution in [3.8, 4) is 0 Å². The van der Waals surface area contributed by atoms with Gasteiger partial charge in [-0.1, -0.05) is 79.1 Å². The zero-order valence-corrected chi connectivity index (χ0v) is 20.4. The minimum atomic E-state index is -1.38. The summed E-state index contributed by atoms with van der Waals surface area (Å²) in [6.45, 7) is 12.8. The minimum Gasteiger partial charge on any atom is -0.417 e. The van der Waals surface area contributed by atoms with Crippen molar-refractivity contribution in [1.82, 2.24) is 0 Å². The van der Waals surface area contributed by atoms with E-state index in [2.05, 4.69) is 41.8 Å². The van der Waals surface area contributed by atoms with E-state index in [1.165, 1.54) is 106 Å². The summed E-state index contributed by atoms with van der Waals surface area (Å²) in [4.78, 5) is 0. The first-order valence-electron chi connectivity index (χ1n) is 11.9. The van der Waals surface area contributed by atoms with Crippen molar-refractivity contribution in [2.45, 2.75) is 116 Å². The highest BCUT2D eigenvalue weighted by Gasteiger charge is 2.28. The molecule has 0 fully saturated rings. The van der Waals surface area contributed by atoms with Crippen LogP contribution < -0.4 is 0 Å². The Morgan fingerprint density at radius 1 is 0.577 bits per heavy atom. The summed E-state index contributed by atoms with van der Waals surface area (Å²) in [5, 5.41) is 0. The molecular formula is C23H52NOSi+. The summed E-state index contributed by atoms with van der Waals surface area (Å²) >= 11 is 0. The number of quaternary nitrogens is 1. The normalized spacial score (nSPS) is 12.7. The molecule has 0 aromatic carbocycles. The Kier molecular flexibility index (Phi) is 16.2. The van der Waals surface area contributed by atoms with E-state index in [1.807, 2.05) is 0 Å². The van der Waals surface area contributed by atoms with E-state index in [1.54, 1.807) is 0 Å². The van der Waals surface area contributed by atoms with Crippen LogP contribution >= 0.6 is 0 Å². The first kappa shape index (κ1) is 26.1. The fourth-order valence-electron chi connectivity index (χ4n) is 3.98. The third-order valence-electron chi connectivity index (χ3n) is 6.37. The molecule has 0 unspecified atom stereocenters. The van der Waals surface area contributed by atoms with Gasteiger partial charge in [-0.3, -0.25) is 0 Å². The van der Waals surface area contributed by atoms with Crippen LogP contribution in [0.5, 0.6) is 0 Å². The zero-order valence-electron chi connectivity index (χ0n) is 19.4. The van der Waals surface area contributed by atoms with Gasteiger partial charge in [0, 0.05) is 13.0 Å². The molecule has 0 bridgehead atoms. The first-order valence-corrected chi connectivity index (χ1v) is 14.4. The van der Waals surface area contributed by atoms with Crippen LogP contribution in [0.2, 0.25) is 18.1 Å². The Labute approximate surface area is 167 Å². The van der Waals surface area contributed by atoms with Gasteiger partial charge in [0.05, 0.1) is 27.2 Å². The molecule has 0 saturated carbocycles. The Hall–Kier alpha value is 0.137. The van der Waals surface area contributed by atoms with Gasteiger partial charge in [0.25, 0.3) is 0 Å². The second kappa shape index (κ2) is 16.1. The van der Waals surface area contributed by atoms with Crippen molar-refractivity contribution in [1.29, 1.82) is 0 Å². The molecule has 0 aromatic heterocycles. The second-order valence-electron chi connectivity index (χ2n) is 9.01. The lowest BCUT2D eigenvalue weighted by atomic mass is 10.1. The van der Waals surface area contributed by atoms with Crippen LogP contribution in [0.1, 0.15) is 98.3 Å². The monoisotopic (exact) mass is 386 g/mol. The summed E-state index contributed by atoms with van der Waals surface area (Å²) in [6.07, 6.45) is 15.5. The molecule has 26 heavy (non-hydrogen) atoms. The molecule has 0 aliphatic heterocycles. The molecule has 0 aromatic rings. The minimum absolute atomic E-state index is 0.988. The fourth-order valence-corrected chi connectivity index (χ4v) is 6.67. The van der Waals surface area contributed by atoms with Gasteiger partial charge in [0.15, 0.2) is 8.32 Å². The van der Waals surface area contributed by atoms with Crippen LogP contribution in [0.3, 0.4) is 0 Å². The molecular weight excluding hydrogens is 334 g/mol. The summed E-state index contributed by atoms with van der Waals surface area (Å²) in [5.41, 5.74) is 0. The molecule has 0 spiro atoms. The molecule has 0 radical (unpaired) electrons. The van der Waals surface area contributed by atoms with Gasteiger partial charge < -0.3 is 8.91 Å². The number of hydrogen-bond acceptors (Lipinski definition) is 1. The molecule has 0 atom stereocenters. The third kappa shape index (κ3) is 13.3. The van der Waals surface area contributed by atoms with E-state index in [0.717, 1.165) is 6.61 Å². The average Bonchev–Trinajstić information content (AvgIpc) is 2.64. The molecule has 0 aliphatic rings. The van der Waals surface area contributed by atoms with Gasteiger partial charge in [-0.2, -0.15) is 0 Å². The number of hydrogen-bond donors (Lipinski definition) is 0. The van der Waals surface area contributed by atoms with Gasteiger partial charge in [-0.25, -0.2) is 0 Å². The molecule has 0 N–H and O–H groups in total. The van der Waals surface area contributed by atoms with Gasteiger partial charge in [0.1, 0.15) is 0 Å². The topological polar surface area (TPSA) is 9.23 Å². The van der Waals surface area contributed by atoms with Crippen molar-refractivity contribution >= 4 is 8.32 Å². The zero-order chi connectivity index (χ0) is 19.7. The van der Waals surface area contributed by atoms with E-state index < -0.39 is 8.32 Å². The smallest absolute Gasteiger partial charge is 0.191 e. The maximum Gasteiger partial charge on any atom is 0.191 e. The maximum absolute atomic E-state index is 6.41. The van der Waals surface area contributed by atoms with Gasteiger partial charge in [-0.15, -0.1) is 0 Å². The predicted molar refractivity (Wildman–Crippen MR) is 121 cm³/mol. The summed E-state index contributed by atoms with van der Waals surface area (Å²) < 4.78 is 7.57. The molecule has 0 saturated heterocycles. The van der Waals surface area contributed by atoms with Crippen LogP contribution in [-0.2, 0) is 4.43 Å². The van der Waals surface area contributed by atoms with E-state index in [-0.39, 0.29) is 0 Å². The third-order valence-corrected chi connectivity index (χ3v) is 11.0. The summed E-state index contributed by atoms with van der Waals surface area (Å²) in [5.74, 6) is 0. The van der Waals surface area contributed by atoms with E-state index >= 15 is 0 Å². The van der Waals surface area contributed by atoms with Gasteiger partial charge in [0.2, 0.25) is 0 Å². The SMILES string of the molecule is CCCCCCCCCCCC[N+](C)(C)CCCO[Si](CC)(CC)CC. The first-order chi connectivity index (χ1) is 12.4. The number of unbranched alkanes of at least 4 members (excludes halogenated alkanes) is 9. The lowest BCUT2D eigenvalue weighted by Gasteiger charge is -2.32. The molecule has 0 amide bonds. The lowest BCUT2D eigenvalue weighted by Crippen LogP contribution is -2.42. The van der Waals surface area contributed by atoms with Crippen LogP contribution in [-0.4, -0.2) is 46.6 Å². The largest absolute Gasteiger partial charge is 0.417 e. The van der Waals surface area contributed by atoms with Crippen molar-refractivity contribution in [3.05, 3.63) is 0 Å². The molecule has 158 valence electrons. The summed E-state index contributed by atoms with van der Waals surface area (Å²) in [7, 11) is 3.43. The van der Waals surface area contributed by atoms with Crippen LogP contribution in [0.4, 0.5) is 0 Å². The van der Waals surface area contributed by atoms with E-state index in [9.17, 15) is 0 Å². The van der Waals surface area contributed by atoms with Crippen molar-refractivity contribution in [2.24, 2.45) is 0 Å². The molecule has 0 rings (SSSR count). The Balaban J connectivity index is 3.64. The highest BCUT2D eigenvalue weighted by Crippen LogP contribution is 2.21. The lowest BCUT2D eigenvalue weighted by molar-refractivity contribution is -0.890. The van der Waals surface area contributed by atoms with Crippen LogP contribution in [0.15, 0.2) is 0 Å². The van der Waals surface area contributed by atoms with E-state index in [4.69, 9.17) is 4.43 Å². The molecule has 0 aliphatic carbocycles. The van der Waals surface area contributed by atoms with Crippen molar-refractivity contribution < 1.29 is 8.91 Å². The molecule has 3 heteroatoms. The Morgan fingerprint density at radius 2 is 1.00 bits per heavy atom. The quantitative estimate of drug-likeness (QED) is 0.128. The Bertz CT molecular complexity index is 294. The average molecular weight is 387 g/mol. The Morgan fingerprint density at radius 3 is 1.46 bits per heavy atom. The highest BCUT2D eigenvalue weighted by molar-refractivity contribution is 6.73. The summed E-state index contributed by atoms with van der Waals surface area (Å²) in [6, 6.07) is 3.82. The van der Waals surface area contributed by atoms with E-state index in [0.29, 0.717) is 0 Å². The highest BCUT2D eigenvalue weighted by atomic mass is 28.4. The fraction of sp³-hybridized carbons (Fsp3) is 1.00. The second-order valence-corrected chi connectivity index (χ2v) is 13.8. The standard InChI is InChI=1S/C23H52NOSi/c1-7-11-12-13-14-15-16-17-18-19-21-24(5,6)22-20-23-25-26(8-2,9-3)10-4/h7-23H2,1-6H3/q+1. The predicted octanol–water partition coefficient (Wildman–Crippen LogP) is 7.40. The van der Waals surface area contributed by atoms with Gasteiger partial charge in [-0.05, 0) is 31.0 Å². The van der Waals surface area contributed by atoms with Gasteiger partial charge >= 0.3 is 0 Å². The molecule has 0 heterocycles. The molecule has 2 nitrogen and oxygen atoms in total. The van der Waals surface area contributed by atoms with Crippen LogP contribution in [0.25, 0.3) is 0 Å².